The minimum absolute atomic E-state index is 0.354. The van der Waals surface area contributed by atoms with Crippen LogP contribution in [0.4, 0.5) is 11.4 Å². The summed E-state index contributed by atoms with van der Waals surface area (Å²) >= 11 is 0. The van der Waals surface area contributed by atoms with Gasteiger partial charge in [0.2, 0.25) is 0 Å². The maximum atomic E-state index is 7.12. The molecule has 9 heavy (non-hydrogen) atoms. The van der Waals surface area contributed by atoms with Crippen molar-refractivity contribution >= 4 is 11.4 Å². The second kappa shape index (κ2) is 1.97. The molecule has 0 fully saturated rings. The fourth-order valence-corrected chi connectivity index (χ4v) is 0.692. The third-order valence-corrected chi connectivity index (χ3v) is 0.993. The highest BCUT2D eigenvalue weighted by Crippen LogP contribution is 2.14. The van der Waals surface area contributed by atoms with Crippen LogP contribution in [0.2, 0.25) is 0 Å². The van der Waals surface area contributed by atoms with Gasteiger partial charge in [0, 0.05) is 0 Å². The molecule has 1 aromatic carbocycles. The number of benzene rings is 1. The van der Waals surface area contributed by atoms with Crippen LogP contribution in [0.25, 0.3) is 0 Å². The van der Waals surface area contributed by atoms with Gasteiger partial charge in [0.25, 0.3) is 0 Å². The van der Waals surface area contributed by atoms with Crippen molar-refractivity contribution in [2.45, 2.75) is 0 Å². The molecular weight excluding hydrogens is 112 g/mol. The normalized spacial score (nSPS) is 9.44. The first-order chi connectivity index (χ1) is 4.18. The molecule has 0 unspecified atom stereocenters. The first-order valence-corrected chi connectivity index (χ1v) is 2.59. The Hall–Kier alpha value is -1.18. The third kappa shape index (κ3) is 1.35. The Morgan fingerprint density at radius 3 is 1.78 bits per heavy atom. The van der Waals surface area contributed by atoms with Crippen LogP contribution in [0.15, 0.2) is 18.2 Å². The van der Waals surface area contributed by atoms with Crippen LogP contribution in [0.1, 0.15) is 5.56 Å². The summed E-state index contributed by atoms with van der Waals surface area (Å²) in [5.41, 5.74) is 15.7. The monoisotopic (exact) mass is 119 g/mol. The molecule has 2 nitrogen and oxygen atoms in total. The molecular formula is C7H7N2. The highest BCUT2D eigenvalue weighted by molar-refractivity contribution is 5.51. The Kier molecular flexibility index (Phi) is 1.30. The minimum atomic E-state index is 0.354. The number of nitrogens with one attached hydrogen (secondary N) is 2. The Morgan fingerprint density at radius 1 is 1.00 bits per heavy atom. The zero-order chi connectivity index (χ0) is 6.85. The highest BCUT2D eigenvalue weighted by atomic mass is 14.6. The molecule has 45 valence electrons. The summed E-state index contributed by atoms with van der Waals surface area (Å²) in [6.45, 7) is 3.60. The van der Waals surface area contributed by atoms with Crippen LogP contribution < -0.4 is 11.5 Å². The van der Waals surface area contributed by atoms with E-state index < -0.39 is 0 Å². The smallest absolute Gasteiger partial charge is 0.0563 e. The van der Waals surface area contributed by atoms with Gasteiger partial charge in [-0.1, -0.05) is 0 Å². The second-order valence-corrected chi connectivity index (χ2v) is 1.92. The van der Waals surface area contributed by atoms with E-state index in [1.54, 1.807) is 12.1 Å². The lowest BCUT2D eigenvalue weighted by molar-refractivity contribution is 1.41. The predicted octanol–water partition coefficient (Wildman–Crippen LogP) is 1.70. The van der Waals surface area contributed by atoms with Crippen LogP contribution in [0.3, 0.4) is 0 Å². The molecule has 0 aliphatic heterocycles. The topological polar surface area (TPSA) is 47.6 Å². The van der Waals surface area contributed by atoms with Gasteiger partial charge in [-0.05, 0) is 30.7 Å². The molecule has 0 amide bonds. The summed E-state index contributed by atoms with van der Waals surface area (Å²) in [5, 5.41) is 0. The van der Waals surface area contributed by atoms with Crippen molar-refractivity contribution in [1.82, 2.24) is 11.5 Å². The van der Waals surface area contributed by atoms with Gasteiger partial charge in [-0.3, -0.25) is 0 Å². The van der Waals surface area contributed by atoms with Gasteiger partial charge in [0.15, 0.2) is 0 Å². The van der Waals surface area contributed by atoms with E-state index in [1.807, 2.05) is 0 Å². The zero-order valence-corrected chi connectivity index (χ0v) is 4.94. The first kappa shape index (κ1) is 5.95. The average molecular weight is 119 g/mol. The summed E-state index contributed by atoms with van der Waals surface area (Å²) < 4.78 is 0. The van der Waals surface area contributed by atoms with Crippen LogP contribution in [-0.2, 0) is 0 Å². The molecule has 0 spiro atoms. The fourth-order valence-electron chi connectivity index (χ4n) is 0.692. The molecule has 0 heterocycles. The SMILES string of the molecule is [CH2]c1cc([NH])cc([NH])c1. The van der Waals surface area contributed by atoms with Gasteiger partial charge >= 0.3 is 0 Å². The van der Waals surface area contributed by atoms with E-state index in [9.17, 15) is 0 Å². The number of rotatable bonds is 0. The van der Waals surface area contributed by atoms with E-state index in [2.05, 4.69) is 6.92 Å². The van der Waals surface area contributed by atoms with Crippen LogP contribution in [-0.4, -0.2) is 0 Å². The maximum Gasteiger partial charge on any atom is 0.0563 e. The van der Waals surface area contributed by atoms with Crippen molar-refractivity contribution in [2.24, 2.45) is 0 Å². The van der Waals surface area contributed by atoms with E-state index in [1.165, 1.54) is 6.07 Å². The lowest BCUT2D eigenvalue weighted by atomic mass is 10.2. The van der Waals surface area contributed by atoms with Crippen molar-refractivity contribution in [3.8, 4) is 0 Å². The average Bonchev–Trinajstić information content (AvgIpc) is 1.59. The summed E-state index contributed by atoms with van der Waals surface area (Å²) in [6.07, 6.45) is 0. The number of hydrogen-bond donors (Lipinski definition) is 0. The maximum absolute atomic E-state index is 7.12. The van der Waals surface area contributed by atoms with Gasteiger partial charge in [-0.25, -0.2) is 0 Å². The minimum Gasteiger partial charge on any atom is -0.301 e. The molecule has 0 bridgehead atoms. The molecule has 0 aromatic heterocycles. The van der Waals surface area contributed by atoms with Crippen molar-refractivity contribution < 1.29 is 0 Å². The fraction of sp³-hybridized carbons (Fsp3) is 0. The van der Waals surface area contributed by atoms with E-state index in [0.717, 1.165) is 5.56 Å². The highest BCUT2D eigenvalue weighted by Gasteiger charge is 1.90. The summed E-state index contributed by atoms with van der Waals surface area (Å²) in [4.78, 5) is 0. The van der Waals surface area contributed by atoms with E-state index in [4.69, 9.17) is 11.5 Å². The van der Waals surface area contributed by atoms with Crippen molar-refractivity contribution in [2.75, 3.05) is 0 Å². The second-order valence-electron chi connectivity index (χ2n) is 1.92. The van der Waals surface area contributed by atoms with Crippen LogP contribution in [0.5, 0.6) is 0 Å². The van der Waals surface area contributed by atoms with Crippen molar-refractivity contribution in [1.29, 1.82) is 0 Å². The first-order valence-electron chi connectivity index (χ1n) is 2.59. The molecule has 2 N–H and O–H groups in total. The van der Waals surface area contributed by atoms with E-state index in [0.29, 0.717) is 11.4 Å². The lowest BCUT2D eigenvalue weighted by Crippen LogP contribution is -1.75. The Labute approximate surface area is 54.5 Å². The van der Waals surface area contributed by atoms with Gasteiger partial charge in [0.05, 0.1) is 11.4 Å². The molecule has 0 saturated heterocycles. The molecule has 1 aromatic rings. The molecule has 0 aliphatic carbocycles. The van der Waals surface area contributed by atoms with Crippen molar-refractivity contribution in [3.05, 3.63) is 30.7 Å². The molecule has 0 aliphatic rings. The molecule has 0 saturated carbocycles. The summed E-state index contributed by atoms with van der Waals surface area (Å²) in [7, 11) is 0. The Morgan fingerprint density at radius 2 is 1.44 bits per heavy atom. The van der Waals surface area contributed by atoms with Gasteiger partial charge in [0.1, 0.15) is 0 Å². The molecule has 1 rings (SSSR count). The molecule has 0 atom stereocenters. The third-order valence-electron chi connectivity index (χ3n) is 0.993. The largest absolute Gasteiger partial charge is 0.301 e. The zero-order valence-electron chi connectivity index (χ0n) is 4.94. The van der Waals surface area contributed by atoms with Gasteiger partial charge < -0.3 is 11.5 Å². The molecule has 3 radical (unpaired) electrons. The van der Waals surface area contributed by atoms with E-state index >= 15 is 0 Å². The lowest BCUT2D eigenvalue weighted by Gasteiger charge is -1.94. The van der Waals surface area contributed by atoms with Crippen LogP contribution >= 0.6 is 0 Å². The predicted molar refractivity (Wildman–Crippen MR) is 36.4 cm³/mol. The van der Waals surface area contributed by atoms with Gasteiger partial charge in [-0.15, -0.1) is 0 Å². The Balaban J connectivity index is 3.17. The summed E-state index contributed by atoms with van der Waals surface area (Å²) in [6, 6.07) is 4.73. The van der Waals surface area contributed by atoms with Gasteiger partial charge in [-0.2, -0.15) is 0 Å². The van der Waals surface area contributed by atoms with Crippen molar-refractivity contribution in [3.63, 3.8) is 0 Å². The number of hydrogen-bond acceptors (Lipinski definition) is 0. The molecule has 2 heteroatoms. The quantitative estimate of drug-likeness (QED) is 0.499. The van der Waals surface area contributed by atoms with Crippen LogP contribution in [0, 0.1) is 6.92 Å². The Bertz CT molecular complexity index is 168. The summed E-state index contributed by atoms with van der Waals surface area (Å²) in [5.74, 6) is 0. The standard InChI is InChI=1S/C7H7N2/c1-5-2-6(8)4-7(9)3-5/h2-4,8-9H,1H2. The van der Waals surface area contributed by atoms with E-state index in [-0.39, 0.29) is 0 Å².